The summed E-state index contributed by atoms with van der Waals surface area (Å²) >= 11 is 1.53. The highest BCUT2D eigenvalue weighted by molar-refractivity contribution is 7.15. The number of nitrogens with zero attached hydrogens (tertiary/aromatic N) is 3. The second-order valence-corrected chi connectivity index (χ2v) is 7.83. The van der Waals surface area contributed by atoms with Gasteiger partial charge >= 0.3 is 0 Å². The van der Waals surface area contributed by atoms with Gasteiger partial charge in [-0.3, -0.25) is 14.9 Å². The Morgan fingerprint density at radius 1 is 1.15 bits per heavy atom. The molecule has 1 amide bonds. The van der Waals surface area contributed by atoms with E-state index in [2.05, 4.69) is 15.4 Å². The first-order chi connectivity index (χ1) is 13.1. The van der Waals surface area contributed by atoms with Gasteiger partial charge in [-0.2, -0.15) is 5.10 Å². The van der Waals surface area contributed by atoms with Crippen molar-refractivity contribution >= 4 is 22.4 Å². The molecule has 0 fully saturated rings. The van der Waals surface area contributed by atoms with Gasteiger partial charge in [0.15, 0.2) is 5.13 Å². The van der Waals surface area contributed by atoms with Crippen molar-refractivity contribution in [3.05, 3.63) is 74.1 Å². The fourth-order valence-corrected chi connectivity index (χ4v) is 4.16. The van der Waals surface area contributed by atoms with Crippen LogP contribution in [0.5, 0.6) is 0 Å². The normalized spacial score (nSPS) is 13.2. The van der Waals surface area contributed by atoms with Crippen LogP contribution < -0.4 is 10.9 Å². The van der Waals surface area contributed by atoms with Gasteiger partial charge in [0, 0.05) is 10.9 Å². The number of hydrogen-bond acceptors (Lipinski definition) is 5. The molecule has 0 bridgehead atoms. The maximum absolute atomic E-state index is 12.6. The summed E-state index contributed by atoms with van der Waals surface area (Å²) in [6.45, 7) is 2.33. The lowest BCUT2D eigenvalue weighted by Crippen LogP contribution is -2.26. The number of carbonyl (C=O) groups excluding carboxylic acids is 1. The summed E-state index contributed by atoms with van der Waals surface area (Å²) in [5.74, 6) is -0.348. The van der Waals surface area contributed by atoms with E-state index in [-0.39, 0.29) is 17.2 Å². The topological polar surface area (TPSA) is 76.9 Å². The predicted molar refractivity (Wildman–Crippen MR) is 105 cm³/mol. The Hall–Kier alpha value is -2.80. The molecule has 0 unspecified atom stereocenters. The van der Waals surface area contributed by atoms with Crippen molar-refractivity contribution in [1.29, 1.82) is 0 Å². The Morgan fingerprint density at radius 2 is 1.93 bits per heavy atom. The molecule has 0 saturated heterocycles. The van der Waals surface area contributed by atoms with Crippen LogP contribution in [0.25, 0.3) is 0 Å². The number of carbonyl (C=O) groups is 1. The molecule has 1 aromatic carbocycles. The monoisotopic (exact) mass is 380 g/mol. The third-order valence-electron chi connectivity index (χ3n) is 4.62. The van der Waals surface area contributed by atoms with E-state index >= 15 is 0 Å². The number of fused-ring (bicyclic) bond motifs is 1. The Kier molecular flexibility index (Phi) is 4.85. The second-order valence-electron chi connectivity index (χ2n) is 6.75. The number of thiazole rings is 1. The van der Waals surface area contributed by atoms with Gasteiger partial charge in [-0.15, -0.1) is 11.3 Å². The highest BCUT2D eigenvalue weighted by Gasteiger charge is 2.18. The maximum atomic E-state index is 12.6. The molecule has 138 valence electrons. The van der Waals surface area contributed by atoms with Crippen LogP contribution in [0.3, 0.4) is 0 Å². The number of aryl methyl sites for hydroxylation is 3. The lowest BCUT2D eigenvalue weighted by Gasteiger charge is -2.07. The molecule has 0 atom stereocenters. The molecule has 6 nitrogen and oxygen atoms in total. The lowest BCUT2D eigenvalue weighted by atomic mass is 10.0. The van der Waals surface area contributed by atoms with Crippen molar-refractivity contribution in [3.8, 4) is 0 Å². The number of rotatable bonds is 4. The minimum absolute atomic E-state index is 0.204. The van der Waals surface area contributed by atoms with Gasteiger partial charge in [0.25, 0.3) is 11.5 Å². The van der Waals surface area contributed by atoms with Crippen LogP contribution in [-0.2, 0) is 19.4 Å². The highest BCUT2D eigenvalue weighted by Crippen LogP contribution is 2.29. The Balaban J connectivity index is 1.53. The smallest absolute Gasteiger partial charge is 0.277 e. The molecule has 4 rings (SSSR count). The van der Waals surface area contributed by atoms with Crippen LogP contribution in [0.4, 0.5) is 5.13 Å². The van der Waals surface area contributed by atoms with Crippen molar-refractivity contribution in [2.75, 3.05) is 5.32 Å². The molecule has 1 aliphatic carbocycles. The summed E-state index contributed by atoms with van der Waals surface area (Å²) in [5, 5.41) is 7.66. The molecule has 3 aromatic rings. The molecular formula is C20H20N4O2S. The number of anilines is 1. The van der Waals surface area contributed by atoms with E-state index in [1.807, 2.05) is 31.2 Å². The van der Waals surface area contributed by atoms with Crippen molar-refractivity contribution in [2.24, 2.45) is 0 Å². The first-order valence-electron chi connectivity index (χ1n) is 9.02. The zero-order valence-electron chi connectivity index (χ0n) is 15.1. The zero-order valence-corrected chi connectivity index (χ0v) is 15.9. The molecule has 7 heteroatoms. The van der Waals surface area contributed by atoms with Gasteiger partial charge in [0.2, 0.25) is 0 Å². The van der Waals surface area contributed by atoms with E-state index in [1.165, 1.54) is 39.4 Å². The van der Waals surface area contributed by atoms with Crippen LogP contribution in [-0.4, -0.2) is 20.7 Å². The highest BCUT2D eigenvalue weighted by atomic mass is 32.1. The van der Waals surface area contributed by atoms with Crippen molar-refractivity contribution < 1.29 is 4.79 Å². The first kappa shape index (κ1) is 17.6. The Morgan fingerprint density at radius 3 is 2.70 bits per heavy atom. The number of nitrogens with one attached hydrogen (secondary N) is 1. The van der Waals surface area contributed by atoms with Crippen molar-refractivity contribution in [1.82, 2.24) is 14.8 Å². The molecule has 0 aliphatic heterocycles. The standard InChI is InChI=1S/C20H20N4O2S/c1-13-6-8-14(9-7-13)12-24-18(25)11-10-16(23-24)19(26)22-20-21-15-4-2-3-5-17(15)27-20/h6-11H,2-5,12H2,1H3,(H,21,22,26). The minimum Gasteiger partial charge on any atom is -0.296 e. The zero-order chi connectivity index (χ0) is 18.8. The first-order valence-corrected chi connectivity index (χ1v) is 9.84. The Labute approximate surface area is 160 Å². The predicted octanol–water partition coefficient (Wildman–Crippen LogP) is 3.19. The number of amides is 1. The molecular weight excluding hydrogens is 360 g/mol. The van der Waals surface area contributed by atoms with Crippen LogP contribution >= 0.6 is 11.3 Å². The summed E-state index contributed by atoms with van der Waals surface area (Å²) in [5.41, 5.74) is 3.17. The summed E-state index contributed by atoms with van der Waals surface area (Å²) in [4.78, 5) is 30.5. The quantitative estimate of drug-likeness (QED) is 0.754. The Bertz CT molecular complexity index is 1010. The van der Waals surface area contributed by atoms with E-state index in [9.17, 15) is 9.59 Å². The molecule has 27 heavy (non-hydrogen) atoms. The molecule has 2 aromatic heterocycles. The maximum Gasteiger partial charge on any atom is 0.277 e. The molecule has 1 N–H and O–H groups in total. The number of aromatic nitrogens is 3. The van der Waals surface area contributed by atoms with Gasteiger partial charge in [-0.1, -0.05) is 29.8 Å². The third-order valence-corrected chi connectivity index (χ3v) is 5.69. The number of hydrogen-bond donors (Lipinski definition) is 1. The van der Waals surface area contributed by atoms with Gasteiger partial charge < -0.3 is 0 Å². The van der Waals surface area contributed by atoms with E-state index in [0.29, 0.717) is 11.7 Å². The molecule has 0 radical (unpaired) electrons. The van der Waals surface area contributed by atoms with E-state index in [4.69, 9.17) is 0 Å². The average Bonchev–Trinajstić information content (AvgIpc) is 3.07. The summed E-state index contributed by atoms with van der Waals surface area (Å²) in [6, 6.07) is 10.7. The minimum atomic E-state index is -0.348. The van der Waals surface area contributed by atoms with Gasteiger partial charge in [0.05, 0.1) is 12.2 Å². The van der Waals surface area contributed by atoms with Gasteiger partial charge in [-0.25, -0.2) is 9.67 Å². The second kappa shape index (κ2) is 7.44. The fourth-order valence-electron chi connectivity index (χ4n) is 3.12. The van der Waals surface area contributed by atoms with Crippen LogP contribution in [0, 0.1) is 6.92 Å². The van der Waals surface area contributed by atoms with E-state index < -0.39 is 0 Å². The van der Waals surface area contributed by atoms with Crippen LogP contribution in [0.15, 0.2) is 41.2 Å². The van der Waals surface area contributed by atoms with Crippen molar-refractivity contribution in [3.63, 3.8) is 0 Å². The third kappa shape index (κ3) is 3.98. The van der Waals surface area contributed by atoms with Crippen LogP contribution in [0.2, 0.25) is 0 Å². The van der Waals surface area contributed by atoms with Crippen LogP contribution in [0.1, 0.15) is 45.0 Å². The van der Waals surface area contributed by atoms with Crippen molar-refractivity contribution in [2.45, 2.75) is 39.2 Å². The summed E-state index contributed by atoms with van der Waals surface area (Å²) in [7, 11) is 0. The van der Waals surface area contributed by atoms with E-state index in [1.54, 1.807) is 0 Å². The fraction of sp³-hybridized carbons (Fsp3) is 0.300. The molecule has 2 heterocycles. The molecule has 1 aliphatic rings. The lowest BCUT2D eigenvalue weighted by molar-refractivity contribution is 0.102. The summed E-state index contributed by atoms with van der Waals surface area (Å²) in [6.07, 6.45) is 4.33. The molecule has 0 spiro atoms. The molecule has 0 saturated carbocycles. The largest absolute Gasteiger partial charge is 0.296 e. The van der Waals surface area contributed by atoms with E-state index in [0.717, 1.165) is 36.1 Å². The summed E-state index contributed by atoms with van der Waals surface area (Å²) < 4.78 is 1.31. The van der Waals surface area contributed by atoms with Gasteiger partial charge in [-0.05, 0) is 44.2 Å². The SMILES string of the molecule is Cc1ccc(Cn2nc(C(=O)Nc3nc4c(s3)CCCC4)ccc2=O)cc1. The number of benzene rings is 1. The van der Waals surface area contributed by atoms with Gasteiger partial charge in [0.1, 0.15) is 5.69 Å². The average molecular weight is 380 g/mol.